The standard InChI is InChI=1S/C17H18ClN3O5S/c1-10-7-14(21-26-10)20-17(24)11(2)27-9-16(23)25-8-15(22)19-13-6-4-3-5-12(13)18/h3-7,11H,8-9H2,1-2H3,(H,19,22)(H,20,21,24)/t11-/m1/s1. The van der Waals surface area contributed by atoms with E-state index in [2.05, 4.69) is 15.8 Å². The first-order valence-electron chi connectivity index (χ1n) is 7.91. The van der Waals surface area contributed by atoms with E-state index in [1.807, 2.05) is 0 Å². The minimum Gasteiger partial charge on any atom is -0.455 e. The molecule has 0 spiro atoms. The maximum absolute atomic E-state index is 12.0. The number of aromatic nitrogens is 1. The van der Waals surface area contributed by atoms with Crippen molar-refractivity contribution in [3.8, 4) is 0 Å². The molecule has 0 saturated carbocycles. The summed E-state index contributed by atoms with van der Waals surface area (Å²) in [4.78, 5) is 35.5. The first-order valence-corrected chi connectivity index (χ1v) is 9.33. The second-order valence-corrected chi connectivity index (χ2v) is 7.19. The molecule has 27 heavy (non-hydrogen) atoms. The Labute approximate surface area is 164 Å². The number of para-hydroxylation sites is 1. The summed E-state index contributed by atoms with van der Waals surface area (Å²) in [7, 11) is 0. The molecule has 1 atom stereocenters. The topological polar surface area (TPSA) is 111 Å². The van der Waals surface area contributed by atoms with Crippen molar-refractivity contribution in [3.05, 3.63) is 41.1 Å². The van der Waals surface area contributed by atoms with Gasteiger partial charge in [-0.3, -0.25) is 14.4 Å². The van der Waals surface area contributed by atoms with Gasteiger partial charge in [0.2, 0.25) is 5.91 Å². The third-order valence-corrected chi connectivity index (χ3v) is 4.66. The molecule has 1 aromatic heterocycles. The van der Waals surface area contributed by atoms with Crippen LogP contribution in [-0.2, 0) is 19.1 Å². The van der Waals surface area contributed by atoms with E-state index >= 15 is 0 Å². The number of carbonyl (C=O) groups is 3. The molecule has 1 heterocycles. The second kappa shape index (κ2) is 9.98. The lowest BCUT2D eigenvalue weighted by Gasteiger charge is -2.10. The van der Waals surface area contributed by atoms with Gasteiger partial charge >= 0.3 is 5.97 Å². The molecule has 2 N–H and O–H groups in total. The summed E-state index contributed by atoms with van der Waals surface area (Å²) in [6, 6.07) is 8.30. The average Bonchev–Trinajstić information content (AvgIpc) is 3.04. The van der Waals surface area contributed by atoms with Gasteiger partial charge in [-0.15, -0.1) is 11.8 Å². The van der Waals surface area contributed by atoms with Crippen molar-refractivity contribution < 1.29 is 23.6 Å². The van der Waals surface area contributed by atoms with E-state index in [9.17, 15) is 14.4 Å². The van der Waals surface area contributed by atoms with Crippen molar-refractivity contribution >= 4 is 52.7 Å². The molecule has 0 saturated heterocycles. The smallest absolute Gasteiger partial charge is 0.316 e. The molecule has 2 rings (SSSR count). The van der Waals surface area contributed by atoms with Crippen molar-refractivity contribution in [1.82, 2.24) is 5.16 Å². The molecule has 2 aromatic rings. The van der Waals surface area contributed by atoms with Gasteiger partial charge in [0.25, 0.3) is 5.91 Å². The Kier molecular flexibility index (Phi) is 7.68. The molecule has 0 bridgehead atoms. The van der Waals surface area contributed by atoms with Gasteiger partial charge in [0.1, 0.15) is 5.76 Å². The Morgan fingerprint density at radius 2 is 2.04 bits per heavy atom. The van der Waals surface area contributed by atoms with Gasteiger partial charge in [0, 0.05) is 6.07 Å². The number of carbonyl (C=O) groups excluding carboxylic acids is 3. The van der Waals surface area contributed by atoms with Gasteiger partial charge in [-0.25, -0.2) is 0 Å². The summed E-state index contributed by atoms with van der Waals surface area (Å²) in [6.45, 7) is 2.91. The molecule has 0 unspecified atom stereocenters. The molecular formula is C17H18ClN3O5S. The number of nitrogens with zero attached hydrogens (tertiary/aromatic N) is 1. The van der Waals surface area contributed by atoms with Gasteiger partial charge in [-0.05, 0) is 26.0 Å². The maximum Gasteiger partial charge on any atom is 0.316 e. The summed E-state index contributed by atoms with van der Waals surface area (Å²) in [5.74, 6) is -0.628. The third kappa shape index (κ3) is 6.95. The van der Waals surface area contributed by atoms with E-state index in [0.717, 1.165) is 11.8 Å². The van der Waals surface area contributed by atoms with Crippen LogP contribution in [0.3, 0.4) is 0 Å². The molecule has 10 heteroatoms. The number of benzene rings is 1. The minimum atomic E-state index is -0.605. The summed E-state index contributed by atoms with van der Waals surface area (Å²) in [5, 5.41) is 8.64. The molecule has 2 amide bonds. The molecule has 0 aliphatic rings. The normalized spacial score (nSPS) is 11.5. The van der Waals surface area contributed by atoms with Crippen LogP contribution in [0.4, 0.5) is 11.5 Å². The number of halogens is 1. The summed E-state index contributed by atoms with van der Waals surface area (Å²) < 4.78 is 9.75. The third-order valence-electron chi connectivity index (χ3n) is 3.21. The fourth-order valence-corrected chi connectivity index (χ4v) is 2.72. The van der Waals surface area contributed by atoms with Crippen molar-refractivity contribution in [3.63, 3.8) is 0 Å². The first-order chi connectivity index (χ1) is 12.8. The van der Waals surface area contributed by atoms with Crippen LogP contribution < -0.4 is 10.6 Å². The average molecular weight is 412 g/mol. The summed E-state index contributed by atoms with van der Waals surface area (Å²) >= 11 is 7.01. The molecule has 8 nitrogen and oxygen atoms in total. The Balaban J connectivity index is 1.68. The van der Waals surface area contributed by atoms with E-state index in [4.69, 9.17) is 20.9 Å². The maximum atomic E-state index is 12.0. The van der Waals surface area contributed by atoms with Gasteiger partial charge in [0.15, 0.2) is 12.4 Å². The van der Waals surface area contributed by atoms with Gasteiger partial charge in [-0.1, -0.05) is 28.9 Å². The number of amides is 2. The van der Waals surface area contributed by atoms with Crippen molar-refractivity contribution in [2.24, 2.45) is 0 Å². The molecule has 0 radical (unpaired) electrons. The van der Waals surface area contributed by atoms with E-state index in [1.165, 1.54) is 0 Å². The number of rotatable bonds is 8. The Hall–Kier alpha value is -2.52. The number of hydrogen-bond donors (Lipinski definition) is 2. The minimum absolute atomic E-state index is 0.0776. The summed E-state index contributed by atoms with van der Waals surface area (Å²) in [5.41, 5.74) is 0.433. The zero-order valence-electron chi connectivity index (χ0n) is 14.7. The zero-order chi connectivity index (χ0) is 19.8. The van der Waals surface area contributed by atoms with Crippen molar-refractivity contribution in [1.29, 1.82) is 0 Å². The highest BCUT2D eigenvalue weighted by Crippen LogP contribution is 2.20. The SMILES string of the molecule is Cc1cc(NC(=O)[C@@H](C)SCC(=O)OCC(=O)Nc2ccccc2Cl)no1. The van der Waals surface area contributed by atoms with Crippen LogP contribution in [0, 0.1) is 6.92 Å². The predicted molar refractivity (Wildman–Crippen MR) is 103 cm³/mol. The molecule has 0 fully saturated rings. The Bertz CT molecular complexity index is 826. The van der Waals surface area contributed by atoms with Gasteiger partial charge < -0.3 is 19.9 Å². The Morgan fingerprint density at radius 1 is 1.30 bits per heavy atom. The number of hydrogen-bond acceptors (Lipinski definition) is 7. The zero-order valence-corrected chi connectivity index (χ0v) is 16.2. The van der Waals surface area contributed by atoms with E-state index in [0.29, 0.717) is 22.3 Å². The summed E-state index contributed by atoms with van der Waals surface area (Å²) in [6.07, 6.45) is 0. The Morgan fingerprint density at radius 3 is 2.70 bits per heavy atom. The number of anilines is 2. The quantitative estimate of drug-likeness (QED) is 0.642. The van der Waals surface area contributed by atoms with Crippen LogP contribution in [0.2, 0.25) is 5.02 Å². The van der Waals surface area contributed by atoms with E-state index in [-0.39, 0.29) is 11.7 Å². The highest BCUT2D eigenvalue weighted by atomic mass is 35.5. The van der Waals surface area contributed by atoms with Crippen LogP contribution in [0.25, 0.3) is 0 Å². The fourth-order valence-electron chi connectivity index (χ4n) is 1.86. The van der Waals surface area contributed by atoms with Crippen LogP contribution in [0.5, 0.6) is 0 Å². The number of ether oxygens (including phenoxy) is 1. The monoisotopic (exact) mass is 411 g/mol. The molecule has 0 aliphatic carbocycles. The van der Waals surface area contributed by atoms with Crippen molar-refractivity contribution in [2.75, 3.05) is 23.0 Å². The highest BCUT2D eigenvalue weighted by Gasteiger charge is 2.18. The number of esters is 1. The lowest BCUT2D eigenvalue weighted by molar-refractivity contribution is -0.144. The number of aryl methyl sites for hydroxylation is 1. The van der Waals surface area contributed by atoms with Crippen LogP contribution in [0.1, 0.15) is 12.7 Å². The van der Waals surface area contributed by atoms with Gasteiger partial charge in [-0.2, -0.15) is 0 Å². The number of nitrogens with one attached hydrogen (secondary N) is 2. The van der Waals surface area contributed by atoms with E-state index in [1.54, 1.807) is 44.2 Å². The lowest BCUT2D eigenvalue weighted by Crippen LogP contribution is -2.25. The molecule has 0 aliphatic heterocycles. The van der Waals surface area contributed by atoms with Crippen LogP contribution in [0.15, 0.2) is 34.9 Å². The first kappa shape index (κ1) is 20.8. The predicted octanol–water partition coefficient (Wildman–Crippen LogP) is 2.88. The molecule has 144 valence electrons. The number of thioether (sulfide) groups is 1. The fraction of sp³-hybridized carbons (Fsp3) is 0.294. The second-order valence-electron chi connectivity index (χ2n) is 5.45. The molecular weight excluding hydrogens is 394 g/mol. The van der Waals surface area contributed by atoms with Crippen LogP contribution >= 0.6 is 23.4 Å². The highest BCUT2D eigenvalue weighted by molar-refractivity contribution is 8.01. The lowest BCUT2D eigenvalue weighted by atomic mass is 10.3. The molecule has 1 aromatic carbocycles. The van der Waals surface area contributed by atoms with Crippen LogP contribution in [-0.4, -0.2) is 40.6 Å². The van der Waals surface area contributed by atoms with Crippen molar-refractivity contribution in [2.45, 2.75) is 19.1 Å². The van der Waals surface area contributed by atoms with Gasteiger partial charge in [0.05, 0.1) is 21.7 Å². The largest absolute Gasteiger partial charge is 0.455 e. The van der Waals surface area contributed by atoms with E-state index < -0.39 is 23.7 Å².